The molecule has 0 saturated heterocycles. The van der Waals surface area contributed by atoms with Gasteiger partial charge in [0.05, 0.1) is 5.75 Å². The van der Waals surface area contributed by atoms with Crippen molar-refractivity contribution >= 4 is 39.2 Å². The fourth-order valence-corrected chi connectivity index (χ4v) is 5.84. The first-order valence-corrected chi connectivity index (χ1v) is 10.9. The number of amides is 1. The zero-order valence-corrected chi connectivity index (χ0v) is 16.7. The van der Waals surface area contributed by atoms with Crippen LogP contribution in [0.15, 0.2) is 5.03 Å². The highest BCUT2D eigenvalue weighted by Gasteiger charge is 2.33. The van der Waals surface area contributed by atoms with Gasteiger partial charge in [0.15, 0.2) is 0 Å². The van der Waals surface area contributed by atoms with Crippen molar-refractivity contribution in [2.75, 3.05) is 5.75 Å². The van der Waals surface area contributed by atoms with Crippen LogP contribution < -0.4 is 5.73 Å². The van der Waals surface area contributed by atoms with Gasteiger partial charge in [0.25, 0.3) is 0 Å². The molecule has 2 N–H and O–H groups in total. The van der Waals surface area contributed by atoms with Gasteiger partial charge in [-0.3, -0.25) is 4.79 Å². The lowest BCUT2D eigenvalue weighted by molar-refractivity contribution is -0.115. The number of primary amides is 1. The van der Waals surface area contributed by atoms with Crippen molar-refractivity contribution in [2.24, 2.45) is 17.1 Å². The number of aryl methyl sites for hydroxylation is 1. The SMILES string of the molecule is CC(C)(C)C1CCc2c(sc3nc(C4CC4)nc(SCC(N)=O)c23)C1. The maximum absolute atomic E-state index is 11.3. The Kier molecular flexibility index (Phi) is 4.31. The Balaban J connectivity index is 1.77. The second kappa shape index (κ2) is 6.23. The van der Waals surface area contributed by atoms with Crippen LogP contribution in [0.1, 0.15) is 62.2 Å². The molecule has 2 aliphatic carbocycles. The number of thiophene rings is 1. The van der Waals surface area contributed by atoms with Gasteiger partial charge in [0, 0.05) is 16.2 Å². The Morgan fingerprint density at radius 3 is 2.68 bits per heavy atom. The minimum atomic E-state index is -0.290. The lowest BCUT2D eigenvalue weighted by Gasteiger charge is -2.33. The van der Waals surface area contributed by atoms with E-state index in [-0.39, 0.29) is 11.7 Å². The zero-order chi connectivity index (χ0) is 17.8. The van der Waals surface area contributed by atoms with Gasteiger partial charge in [0.1, 0.15) is 15.7 Å². The summed E-state index contributed by atoms with van der Waals surface area (Å²) >= 11 is 3.33. The van der Waals surface area contributed by atoms with Crippen LogP contribution in [0, 0.1) is 11.3 Å². The average molecular weight is 376 g/mol. The van der Waals surface area contributed by atoms with Crippen molar-refractivity contribution in [1.82, 2.24) is 9.97 Å². The molecule has 4 rings (SSSR count). The van der Waals surface area contributed by atoms with Crippen molar-refractivity contribution < 1.29 is 4.79 Å². The van der Waals surface area contributed by atoms with E-state index in [1.54, 1.807) is 0 Å². The number of rotatable bonds is 4. The van der Waals surface area contributed by atoms with Crippen LogP contribution in [0.5, 0.6) is 0 Å². The Morgan fingerprint density at radius 2 is 2.04 bits per heavy atom. The minimum Gasteiger partial charge on any atom is -0.369 e. The molecule has 2 aliphatic rings. The summed E-state index contributed by atoms with van der Waals surface area (Å²) in [7, 11) is 0. The van der Waals surface area contributed by atoms with E-state index in [2.05, 4.69) is 20.8 Å². The molecule has 4 nitrogen and oxygen atoms in total. The molecule has 6 heteroatoms. The van der Waals surface area contributed by atoms with E-state index in [1.165, 1.54) is 46.9 Å². The maximum atomic E-state index is 11.3. The van der Waals surface area contributed by atoms with Crippen LogP contribution in [0.3, 0.4) is 0 Å². The molecule has 134 valence electrons. The van der Waals surface area contributed by atoms with Gasteiger partial charge in [0.2, 0.25) is 5.91 Å². The van der Waals surface area contributed by atoms with Crippen LogP contribution >= 0.6 is 23.1 Å². The molecule has 0 aromatic carbocycles. The highest BCUT2D eigenvalue weighted by atomic mass is 32.2. The summed E-state index contributed by atoms with van der Waals surface area (Å²) in [5.74, 6) is 2.18. The highest BCUT2D eigenvalue weighted by Crippen LogP contribution is 2.46. The largest absolute Gasteiger partial charge is 0.369 e. The molecule has 2 aromatic heterocycles. The second-order valence-electron chi connectivity index (χ2n) is 8.41. The van der Waals surface area contributed by atoms with Gasteiger partial charge in [-0.1, -0.05) is 32.5 Å². The summed E-state index contributed by atoms with van der Waals surface area (Å²) in [6.07, 6.45) is 5.81. The van der Waals surface area contributed by atoms with E-state index < -0.39 is 0 Å². The summed E-state index contributed by atoms with van der Waals surface area (Å²) in [4.78, 5) is 23.6. The Bertz CT molecular complexity index is 833. The molecular weight excluding hydrogens is 350 g/mol. The summed E-state index contributed by atoms with van der Waals surface area (Å²) in [6.45, 7) is 7.03. The number of carbonyl (C=O) groups excluding carboxylic acids is 1. The van der Waals surface area contributed by atoms with Crippen LogP contribution in [0.25, 0.3) is 10.2 Å². The van der Waals surface area contributed by atoms with E-state index >= 15 is 0 Å². The molecule has 0 bridgehead atoms. The van der Waals surface area contributed by atoms with Crippen molar-refractivity contribution in [3.8, 4) is 0 Å². The molecule has 1 atom stereocenters. The number of hydrogen-bond acceptors (Lipinski definition) is 5. The van der Waals surface area contributed by atoms with Crippen LogP contribution in [-0.2, 0) is 17.6 Å². The number of aromatic nitrogens is 2. The summed E-state index contributed by atoms with van der Waals surface area (Å²) in [5.41, 5.74) is 7.13. The third-order valence-electron chi connectivity index (χ3n) is 5.41. The highest BCUT2D eigenvalue weighted by molar-refractivity contribution is 8.00. The molecule has 1 saturated carbocycles. The third-order valence-corrected chi connectivity index (χ3v) is 7.56. The summed E-state index contributed by atoms with van der Waals surface area (Å²) in [6, 6.07) is 0. The fraction of sp³-hybridized carbons (Fsp3) is 0.632. The fourth-order valence-electron chi connectivity index (χ4n) is 3.67. The van der Waals surface area contributed by atoms with Crippen LogP contribution in [0.2, 0.25) is 0 Å². The predicted molar refractivity (Wildman–Crippen MR) is 104 cm³/mol. The van der Waals surface area contributed by atoms with Crippen LogP contribution in [0.4, 0.5) is 0 Å². The molecule has 0 spiro atoms. The first kappa shape index (κ1) is 17.3. The van der Waals surface area contributed by atoms with Crippen LogP contribution in [-0.4, -0.2) is 21.6 Å². The van der Waals surface area contributed by atoms with E-state index in [0.717, 1.165) is 28.5 Å². The Labute approximate surface area is 157 Å². The molecule has 1 unspecified atom stereocenters. The van der Waals surface area contributed by atoms with Crippen molar-refractivity contribution in [2.45, 2.75) is 63.8 Å². The Hall–Kier alpha value is -1.14. The number of thioether (sulfide) groups is 1. The average Bonchev–Trinajstić information content (AvgIpc) is 3.31. The quantitative estimate of drug-likeness (QED) is 0.639. The van der Waals surface area contributed by atoms with Gasteiger partial charge >= 0.3 is 0 Å². The topological polar surface area (TPSA) is 68.9 Å². The first-order chi connectivity index (χ1) is 11.8. The molecule has 1 fully saturated rings. The number of nitrogens with two attached hydrogens (primary N) is 1. The predicted octanol–water partition coefficient (Wildman–Crippen LogP) is 4.30. The lowest BCUT2D eigenvalue weighted by Crippen LogP contribution is -2.26. The van der Waals surface area contributed by atoms with Gasteiger partial charge < -0.3 is 5.73 Å². The summed E-state index contributed by atoms with van der Waals surface area (Å²) < 4.78 is 0. The molecular formula is C19H25N3OS2. The standard InChI is InChI=1S/C19H25N3OS2/c1-19(2,3)11-6-7-12-13(8-11)25-18-15(12)17(24-9-14(20)23)21-16(22-18)10-4-5-10/h10-11H,4-9H2,1-3H3,(H2,20,23). The zero-order valence-electron chi connectivity index (χ0n) is 15.1. The van der Waals surface area contributed by atoms with E-state index in [0.29, 0.717) is 17.3 Å². The van der Waals surface area contributed by atoms with Crippen molar-refractivity contribution in [3.05, 3.63) is 16.3 Å². The lowest BCUT2D eigenvalue weighted by atomic mass is 9.72. The minimum absolute atomic E-state index is 0.283. The Morgan fingerprint density at radius 1 is 1.28 bits per heavy atom. The smallest absolute Gasteiger partial charge is 0.227 e. The van der Waals surface area contributed by atoms with E-state index in [1.807, 2.05) is 11.3 Å². The molecule has 2 heterocycles. The normalized spacial score (nSPS) is 20.7. The van der Waals surface area contributed by atoms with Gasteiger partial charge in [-0.05, 0) is 49.0 Å². The maximum Gasteiger partial charge on any atom is 0.227 e. The van der Waals surface area contributed by atoms with Gasteiger partial charge in [-0.15, -0.1) is 11.3 Å². The van der Waals surface area contributed by atoms with Gasteiger partial charge in [-0.2, -0.15) is 0 Å². The number of carbonyl (C=O) groups is 1. The number of nitrogens with zero attached hydrogens (tertiary/aromatic N) is 2. The van der Waals surface area contributed by atoms with Crippen molar-refractivity contribution in [1.29, 1.82) is 0 Å². The van der Waals surface area contributed by atoms with E-state index in [4.69, 9.17) is 15.7 Å². The second-order valence-corrected chi connectivity index (χ2v) is 10.5. The molecule has 2 aromatic rings. The van der Waals surface area contributed by atoms with Crippen molar-refractivity contribution in [3.63, 3.8) is 0 Å². The number of hydrogen-bond donors (Lipinski definition) is 1. The molecule has 1 amide bonds. The number of fused-ring (bicyclic) bond motifs is 3. The monoisotopic (exact) mass is 375 g/mol. The third kappa shape index (κ3) is 3.43. The molecule has 25 heavy (non-hydrogen) atoms. The molecule has 0 radical (unpaired) electrons. The summed E-state index contributed by atoms with van der Waals surface area (Å²) in [5, 5.41) is 2.17. The van der Waals surface area contributed by atoms with Gasteiger partial charge in [-0.25, -0.2) is 9.97 Å². The molecule has 0 aliphatic heterocycles. The first-order valence-electron chi connectivity index (χ1n) is 9.06. The van der Waals surface area contributed by atoms with E-state index in [9.17, 15) is 4.79 Å².